The van der Waals surface area contributed by atoms with Crippen molar-refractivity contribution in [1.29, 1.82) is 0 Å². The van der Waals surface area contributed by atoms with Crippen molar-refractivity contribution in [2.24, 2.45) is 11.3 Å². The van der Waals surface area contributed by atoms with Crippen LogP contribution in [0.25, 0.3) is 0 Å². The molecule has 0 bridgehead atoms. The van der Waals surface area contributed by atoms with Crippen LogP contribution in [0.5, 0.6) is 5.75 Å². The van der Waals surface area contributed by atoms with E-state index in [1.807, 2.05) is 18.2 Å². The van der Waals surface area contributed by atoms with Crippen molar-refractivity contribution in [3.05, 3.63) is 28.8 Å². The molecular formula is C17H28ClNO. The van der Waals surface area contributed by atoms with Crippen molar-refractivity contribution >= 4 is 11.6 Å². The maximum Gasteiger partial charge on any atom is 0.122 e. The maximum atomic E-state index is 6.14. The largest absolute Gasteiger partial charge is 0.496 e. The van der Waals surface area contributed by atoms with Gasteiger partial charge in [-0.3, -0.25) is 0 Å². The minimum Gasteiger partial charge on any atom is -0.496 e. The predicted octanol–water partition coefficient (Wildman–Crippen LogP) is 4.55. The number of methoxy groups -OCH3 is 1. The fraction of sp³-hybridized carbons (Fsp3) is 0.647. The molecule has 1 unspecified atom stereocenters. The highest BCUT2D eigenvalue weighted by atomic mass is 35.5. The molecule has 1 aromatic rings. The smallest absolute Gasteiger partial charge is 0.122 e. The van der Waals surface area contributed by atoms with Gasteiger partial charge in [0.1, 0.15) is 5.75 Å². The number of rotatable bonds is 7. The van der Waals surface area contributed by atoms with Crippen molar-refractivity contribution in [3.8, 4) is 5.75 Å². The first-order chi connectivity index (χ1) is 9.28. The summed E-state index contributed by atoms with van der Waals surface area (Å²) >= 11 is 6.14. The summed E-state index contributed by atoms with van der Waals surface area (Å²) in [6, 6.07) is 6.35. The predicted molar refractivity (Wildman–Crippen MR) is 87.8 cm³/mol. The van der Waals surface area contributed by atoms with Gasteiger partial charge in [0.05, 0.1) is 7.11 Å². The van der Waals surface area contributed by atoms with E-state index in [1.54, 1.807) is 7.11 Å². The van der Waals surface area contributed by atoms with Crippen molar-refractivity contribution in [2.75, 3.05) is 13.7 Å². The molecule has 0 amide bonds. The monoisotopic (exact) mass is 297 g/mol. The van der Waals surface area contributed by atoms with Gasteiger partial charge < -0.3 is 10.1 Å². The summed E-state index contributed by atoms with van der Waals surface area (Å²) in [6.45, 7) is 12.2. The fourth-order valence-electron chi connectivity index (χ4n) is 2.23. The Bertz CT molecular complexity index is 431. The Morgan fingerprint density at radius 1 is 1.25 bits per heavy atom. The first kappa shape index (κ1) is 17.3. The summed E-state index contributed by atoms with van der Waals surface area (Å²) < 4.78 is 5.47. The van der Waals surface area contributed by atoms with Gasteiger partial charge in [-0.1, -0.05) is 46.2 Å². The Hall–Kier alpha value is -0.730. The molecule has 0 fully saturated rings. The molecule has 1 N–H and O–H groups in total. The molecule has 0 aliphatic carbocycles. The van der Waals surface area contributed by atoms with Gasteiger partial charge in [0.25, 0.3) is 0 Å². The third-order valence-corrected chi connectivity index (χ3v) is 4.38. The van der Waals surface area contributed by atoms with Crippen LogP contribution in [0, 0.1) is 11.3 Å². The van der Waals surface area contributed by atoms with Gasteiger partial charge in [-0.2, -0.15) is 0 Å². The van der Waals surface area contributed by atoms with Crippen LogP contribution in [0.1, 0.15) is 40.2 Å². The molecule has 0 saturated carbocycles. The Labute approximate surface area is 128 Å². The van der Waals surface area contributed by atoms with E-state index in [4.69, 9.17) is 16.3 Å². The third-order valence-electron chi connectivity index (χ3n) is 4.14. The molecule has 3 heteroatoms. The van der Waals surface area contributed by atoms with Gasteiger partial charge in [-0.25, -0.2) is 0 Å². The van der Waals surface area contributed by atoms with Gasteiger partial charge >= 0.3 is 0 Å². The summed E-state index contributed by atoms with van der Waals surface area (Å²) in [4.78, 5) is 0. The summed E-state index contributed by atoms with van der Waals surface area (Å²) in [6.07, 6.45) is 0.953. The van der Waals surface area contributed by atoms with Crippen LogP contribution in [0.4, 0.5) is 0 Å². The van der Waals surface area contributed by atoms with Crippen LogP contribution in [0.15, 0.2) is 18.2 Å². The Balaban J connectivity index is 2.98. The van der Waals surface area contributed by atoms with Crippen molar-refractivity contribution in [1.82, 2.24) is 5.32 Å². The quantitative estimate of drug-likeness (QED) is 0.797. The first-order valence-electron chi connectivity index (χ1n) is 7.34. The van der Waals surface area contributed by atoms with Crippen molar-refractivity contribution < 1.29 is 4.74 Å². The molecule has 0 heterocycles. The third kappa shape index (κ3) is 4.68. The summed E-state index contributed by atoms with van der Waals surface area (Å²) in [5, 5.41) is 4.33. The molecule has 0 radical (unpaired) electrons. The molecule has 0 aliphatic heterocycles. The van der Waals surface area contributed by atoms with E-state index < -0.39 is 0 Å². The maximum absolute atomic E-state index is 6.14. The van der Waals surface area contributed by atoms with E-state index in [-0.39, 0.29) is 5.41 Å². The van der Waals surface area contributed by atoms with E-state index in [0.717, 1.165) is 23.7 Å². The van der Waals surface area contributed by atoms with Crippen LogP contribution in [-0.4, -0.2) is 19.7 Å². The minimum absolute atomic E-state index is 0.169. The minimum atomic E-state index is 0.169. The molecular weight excluding hydrogens is 270 g/mol. The first-order valence-corrected chi connectivity index (χ1v) is 7.72. The van der Waals surface area contributed by atoms with Crippen LogP contribution in [0.2, 0.25) is 5.02 Å². The highest BCUT2D eigenvalue weighted by molar-refractivity contribution is 6.30. The molecule has 0 saturated heterocycles. The van der Waals surface area contributed by atoms with Gasteiger partial charge in [0.15, 0.2) is 0 Å². The Morgan fingerprint density at radius 2 is 1.90 bits per heavy atom. The van der Waals surface area contributed by atoms with E-state index in [2.05, 4.69) is 39.9 Å². The number of ether oxygens (including phenoxy) is 1. The highest BCUT2D eigenvalue weighted by Crippen LogP contribution is 2.35. The zero-order valence-electron chi connectivity index (χ0n) is 13.6. The number of hydrogen-bond donors (Lipinski definition) is 1. The molecule has 0 aromatic heterocycles. The summed E-state index contributed by atoms with van der Waals surface area (Å²) in [7, 11) is 1.71. The lowest BCUT2D eigenvalue weighted by Crippen LogP contribution is -2.40. The van der Waals surface area contributed by atoms with Crippen LogP contribution in [-0.2, 0) is 6.42 Å². The van der Waals surface area contributed by atoms with Gasteiger partial charge in [0, 0.05) is 17.6 Å². The van der Waals surface area contributed by atoms with E-state index in [9.17, 15) is 0 Å². The van der Waals surface area contributed by atoms with E-state index in [0.29, 0.717) is 12.0 Å². The topological polar surface area (TPSA) is 21.3 Å². The lowest BCUT2D eigenvalue weighted by molar-refractivity contribution is 0.200. The second kappa shape index (κ2) is 7.33. The molecule has 114 valence electrons. The highest BCUT2D eigenvalue weighted by Gasteiger charge is 2.29. The Kier molecular flexibility index (Phi) is 6.35. The number of halogens is 1. The summed E-state index contributed by atoms with van der Waals surface area (Å²) in [5.74, 6) is 1.49. The molecule has 2 nitrogen and oxygen atoms in total. The van der Waals surface area contributed by atoms with E-state index >= 15 is 0 Å². The van der Waals surface area contributed by atoms with Gasteiger partial charge in [-0.15, -0.1) is 0 Å². The van der Waals surface area contributed by atoms with Crippen LogP contribution >= 0.6 is 11.6 Å². The lowest BCUT2D eigenvalue weighted by atomic mass is 9.74. The van der Waals surface area contributed by atoms with Crippen LogP contribution in [0.3, 0.4) is 0 Å². The fourth-order valence-corrected chi connectivity index (χ4v) is 2.42. The SMILES string of the molecule is COc1ccc(Cl)cc1CC(C)(CNC(C)C)C(C)C. The number of hydrogen-bond acceptors (Lipinski definition) is 2. The standard InChI is InChI=1S/C17H28ClNO/c1-12(2)17(5,11-19-13(3)4)10-14-9-15(18)7-8-16(14)20-6/h7-9,12-13,19H,10-11H2,1-6H3. The zero-order chi connectivity index (χ0) is 15.3. The van der Waals surface area contributed by atoms with Crippen LogP contribution < -0.4 is 10.1 Å². The molecule has 20 heavy (non-hydrogen) atoms. The molecule has 0 aliphatic rings. The lowest BCUT2D eigenvalue weighted by Gasteiger charge is -2.35. The average Bonchev–Trinajstić information content (AvgIpc) is 2.36. The number of nitrogens with one attached hydrogen (secondary N) is 1. The average molecular weight is 298 g/mol. The van der Waals surface area contributed by atoms with Crippen molar-refractivity contribution in [3.63, 3.8) is 0 Å². The normalized spacial score (nSPS) is 14.7. The van der Waals surface area contributed by atoms with E-state index in [1.165, 1.54) is 5.56 Å². The molecule has 1 rings (SSSR count). The molecule has 1 aromatic carbocycles. The van der Waals surface area contributed by atoms with Gasteiger partial charge in [0.2, 0.25) is 0 Å². The molecule has 1 atom stereocenters. The number of benzene rings is 1. The molecule has 0 spiro atoms. The van der Waals surface area contributed by atoms with Crippen molar-refractivity contribution in [2.45, 2.75) is 47.1 Å². The zero-order valence-corrected chi connectivity index (χ0v) is 14.3. The van der Waals surface area contributed by atoms with Gasteiger partial charge in [-0.05, 0) is 41.5 Å². The Morgan fingerprint density at radius 3 is 2.40 bits per heavy atom. The summed E-state index contributed by atoms with van der Waals surface area (Å²) in [5.41, 5.74) is 1.35. The second-order valence-electron chi connectivity index (χ2n) is 6.48. The second-order valence-corrected chi connectivity index (χ2v) is 6.91.